The van der Waals surface area contributed by atoms with Crippen molar-refractivity contribution in [3.63, 3.8) is 0 Å². The highest BCUT2D eigenvalue weighted by Gasteiger charge is 2.11. The number of halogens is 4. The summed E-state index contributed by atoms with van der Waals surface area (Å²) in [5.41, 5.74) is 1.69. The van der Waals surface area contributed by atoms with Crippen LogP contribution in [0.1, 0.15) is 12.5 Å². The van der Waals surface area contributed by atoms with E-state index >= 15 is 0 Å². The SMILES string of the molecule is CC(Cc1ccc(Cl)cc1)Nc1c(Cl)cc(F)cc1Cl. The van der Waals surface area contributed by atoms with E-state index in [2.05, 4.69) is 5.32 Å². The summed E-state index contributed by atoms with van der Waals surface area (Å²) in [6.07, 6.45) is 0.779. The van der Waals surface area contributed by atoms with Crippen LogP contribution in [-0.4, -0.2) is 6.04 Å². The lowest BCUT2D eigenvalue weighted by Crippen LogP contribution is -2.18. The second kappa shape index (κ2) is 6.66. The predicted molar refractivity (Wildman–Crippen MR) is 84.7 cm³/mol. The van der Waals surface area contributed by atoms with Crippen LogP contribution < -0.4 is 5.32 Å². The van der Waals surface area contributed by atoms with E-state index in [0.29, 0.717) is 10.7 Å². The maximum Gasteiger partial charge on any atom is 0.126 e. The first kappa shape index (κ1) is 15.4. The van der Waals surface area contributed by atoms with Gasteiger partial charge in [0, 0.05) is 11.1 Å². The summed E-state index contributed by atoms with van der Waals surface area (Å²) < 4.78 is 13.1. The van der Waals surface area contributed by atoms with Gasteiger partial charge in [0.2, 0.25) is 0 Å². The lowest BCUT2D eigenvalue weighted by molar-refractivity contribution is 0.628. The second-order valence-corrected chi connectivity index (χ2v) is 5.87. The van der Waals surface area contributed by atoms with Crippen LogP contribution >= 0.6 is 34.8 Å². The molecule has 0 saturated heterocycles. The van der Waals surface area contributed by atoms with Crippen molar-refractivity contribution in [3.8, 4) is 0 Å². The van der Waals surface area contributed by atoms with E-state index in [9.17, 15) is 4.39 Å². The van der Waals surface area contributed by atoms with Crippen LogP contribution in [0.2, 0.25) is 15.1 Å². The Hall–Kier alpha value is -0.960. The average Bonchev–Trinajstić information content (AvgIpc) is 2.36. The highest BCUT2D eigenvalue weighted by Crippen LogP contribution is 2.32. The van der Waals surface area contributed by atoms with Crippen LogP contribution in [0.3, 0.4) is 0 Å². The van der Waals surface area contributed by atoms with E-state index in [-0.39, 0.29) is 16.1 Å². The van der Waals surface area contributed by atoms with Crippen LogP contribution in [0.5, 0.6) is 0 Å². The van der Waals surface area contributed by atoms with Gasteiger partial charge in [0.1, 0.15) is 5.82 Å². The molecule has 0 radical (unpaired) electrons. The summed E-state index contributed by atoms with van der Waals surface area (Å²) in [5.74, 6) is -0.448. The molecule has 0 fully saturated rings. The zero-order valence-electron chi connectivity index (χ0n) is 10.8. The van der Waals surface area contributed by atoms with Gasteiger partial charge in [-0.25, -0.2) is 4.39 Å². The van der Waals surface area contributed by atoms with E-state index in [4.69, 9.17) is 34.8 Å². The number of hydrogen-bond acceptors (Lipinski definition) is 1. The van der Waals surface area contributed by atoms with Gasteiger partial charge in [-0.2, -0.15) is 0 Å². The topological polar surface area (TPSA) is 12.0 Å². The Balaban J connectivity index is 2.08. The van der Waals surface area contributed by atoms with Gasteiger partial charge in [-0.15, -0.1) is 0 Å². The first-order valence-corrected chi connectivity index (χ1v) is 7.24. The Morgan fingerprint density at radius 1 is 1.05 bits per heavy atom. The number of nitrogens with one attached hydrogen (secondary N) is 1. The van der Waals surface area contributed by atoms with Crippen molar-refractivity contribution in [3.05, 3.63) is 62.8 Å². The molecule has 1 N–H and O–H groups in total. The molecule has 0 saturated carbocycles. The molecule has 1 atom stereocenters. The zero-order chi connectivity index (χ0) is 14.7. The lowest BCUT2D eigenvalue weighted by atomic mass is 10.1. The van der Waals surface area contributed by atoms with Crippen LogP contribution in [0, 0.1) is 5.82 Å². The second-order valence-electron chi connectivity index (χ2n) is 4.62. The van der Waals surface area contributed by atoms with Gasteiger partial charge in [-0.1, -0.05) is 46.9 Å². The fourth-order valence-electron chi connectivity index (χ4n) is 1.95. The molecule has 0 aliphatic heterocycles. The maximum absolute atomic E-state index is 13.1. The molecule has 1 unspecified atom stereocenters. The molecule has 2 aromatic carbocycles. The van der Waals surface area contributed by atoms with Crippen LogP contribution in [-0.2, 0) is 6.42 Å². The molecule has 0 bridgehead atoms. The molecule has 106 valence electrons. The van der Waals surface area contributed by atoms with Gasteiger partial charge >= 0.3 is 0 Å². The van der Waals surface area contributed by atoms with E-state index in [0.717, 1.165) is 12.0 Å². The van der Waals surface area contributed by atoms with Gasteiger partial charge in [-0.05, 0) is 43.2 Å². The predicted octanol–water partition coefficient (Wildman–Crippen LogP) is 5.83. The van der Waals surface area contributed by atoms with Gasteiger partial charge in [0.15, 0.2) is 0 Å². The Morgan fingerprint density at radius 2 is 1.60 bits per heavy atom. The third kappa shape index (κ3) is 4.02. The van der Waals surface area contributed by atoms with E-state index in [1.807, 2.05) is 31.2 Å². The Bertz CT molecular complexity index is 576. The minimum Gasteiger partial charge on any atom is -0.380 e. The Labute approximate surface area is 132 Å². The standard InChI is InChI=1S/C15H13Cl3FN/c1-9(6-10-2-4-11(16)5-3-10)20-15-13(17)7-12(19)8-14(15)18/h2-5,7-9,20H,6H2,1H3. The summed E-state index contributed by atoms with van der Waals surface area (Å²) >= 11 is 17.8. The number of anilines is 1. The molecule has 0 aliphatic carbocycles. The Morgan fingerprint density at radius 3 is 2.15 bits per heavy atom. The zero-order valence-corrected chi connectivity index (χ0v) is 13.0. The van der Waals surface area contributed by atoms with Crippen molar-refractivity contribution in [2.45, 2.75) is 19.4 Å². The molecule has 0 aromatic heterocycles. The average molecular weight is 333 g/mol. The third-order valence-corrected chi connectivity index (χ3v) is 3.70. The molecule has 2 rings (SSSR count). The monoisotopic (exact) mass is 331 g/mol. The highest BCUT2D eigenvalue weighted by atomic mass is 35.5. The molecule has 0 aliphatic rings. The third-order valence-electron chi connectivity index (χ3n) is 2.85. The minimum atomic E-state index is -0.448. The molecule has 0 heterocycles. The van der Waals surface area contributed by atoms with Gasteiger partial charge in [0.25, 0.3) is 0 Å². The van der Waals surface area contributed by atoms with E-state index in [1.165, 1.54) is 12.1 Å². The molecule has 5 heteroatoms. The summed E-state index contributed by atoms with van der Waals surface area (Å²) in [4.78, 5) is 0. The van der Waals surface area contributed by atoms with Crippen LogP contribution in [0.25, 0.3) is 0 Å². The van der Waals surface area contributed by atoms with E-state index < -0.39 is 5.82 Å². The van der Waals surface area contributed by atoms with Crippen molar-refractivity contribution in [2.24, 2.45) is 0 Å². The maximum atomic E-state index is 13.1. The highest BCUT2D eigenvalue weighted by molar-refractivity contribution is 6.39. The number of rotatable bonds is 4. The molecule has 0 amide bonds. The van der Waals surface area contributed by atoms with Crippen LogP contribution in [0.4, 0.5) is 10.1 Å². The Kier molecular flexibility index (Phi) is 5.14. The fraction of sp³-hybridized carbons (Fsp3) is 0.200. The van der Waals surface area contributed by atoms with Crippen molar-refractivity contribution >= 4 is 40.5 Å². The molecule has 1 nitrogen and oxygen atoms in total. The smallest absolute Gasteiger partial charge is 0.126 e. The van der Waals surface area contributed by atoms with Crippen molar-refractivity contribution < 1.29 is 4.39 Å². The van der Waals surface area contributed by atoms with Crippen molar-refractivity contribution in [1.29, 1.82) is 0 Å². The number of benzene rings is 2. The normalized spacial score (nSPS) is 12.2. The summed E-state index contributed by atoms with van der Waals surface area (Å²) in [5, 5.41) is 4.46. The van der Waals surface area contributed by atoms with Crippen molar-refractivity contribution in [1.82, 2.24) is 0 Å². The lowest BCUT2D eigenvalue weighted by Gasteiger charge is -2.17. The number of hydrogen-bond donors (Lipinski definition) is 1. The first-order valence-electron chi connectivity index (χ1n) is 6.11. The molecule has 20 heavy (non-hydrogen) atoms. The molecule has 2 aromatic rings. The van der Waals surface area contributed by atoms with Gasteiger partial charge in [0.05, 0.1) is 15.7 Å². The van der Waals surface area contributed by atoms with Crippen LogP contribution in [0.15, 0.2) is 36.4 Å². The van der Waals surface area contributed by atoms with Crippen molar-refractivity contribution in [2.75, 3.05) is 5.32 Å². The minimum absolute atomic E-state index is 0.0941. The van der Waals surface area contributed by atoms with Gasteiger partial charge < -0.3 is 5.32 Å². The summed E-state index contributed by atoms with van der Waals surface area (Å²) in [6, 6.07) is 10.2. The van der Waals surface area contributed by atoms with E-state index in [1.54, 1.807) is 0 Å². The summed E-state index contributed by atoms with van der Waals surface area (Å²) in [6.45, 7) is 2.00. The van der Waals surface area contributed by atoms with Gasteiger partial charge in [-0.3, -0.25) is 0 Å². The molecular formula is C15H13Cl3FN. The first-order chi connectivity index (χ1) is 9.45. The fourth-order valence-corrected chi connectivity index (χ4v) is 2.65. The molecule has 0 spiro atoms. The summed E-state index contributed by atoms with van der Waals surface area (Å²) in [7, 11) is 0. The largest absolute Gasteiger partial charge is 0.380 e. The molecular weight excluding hydrogens is 320 g/mol. The quantitative estimate of drug-likeness (QED) is 0.743.